The van der Waals surface area contributed by atoms with Crippen LogP contribution in [0.3, 0.4) is 0 Å². The van der Waals surface area contributed by atoms with Gasteiger partial charge >= 0.3 is 0 Å². The predicted octanol–water partition coefficient (Wildman–Crippen LogP) is 2.84. The first-order valence-electron chi connectivity index (χ1n) is 4.55. The van der Waals surface area contributed by atoms with Crippen LogP contribution in [0.2, 0.25) is 0 Å². The Labute approximate surface area is 104 Å². The lowest BCUT2D eigenvalue weighted by Gasteiger charge is -2.09. The number of nitrogens with two attached hydrogens (primary N) is 1. The molecule has 0 radical (unpaired) electrons. The summed E-state index contributed by atoms with van der Waals surface area (Å²) in [6, 6.07) is 2.04. The fraction of sp³-hybridized carbons (Fsp3) is 0. The zero-order valence-electron chi connectivity index (χ0n) is 8.42. The molecule has 0 aliphatic rings. The fourth-order valence-electron chi connectivity index (χ4n) is 1.19. The Bertz CT molecular complexity index is 562. The van der Waals surface area contributed by atoms with Crippen molar-refractivity contribution in [2.24, 2.45) is 0 Å². The van der Waals surface area contributed by atoms with Gasteiger partial charge in [0.15, 0.2) is 5.82 Å². The molecule has 1 heterocycles. The second-order valence-corrected chi connectivity index (χ2v) is 4.05. The van der Waals surface area contributed by atoms with Crippen LogP contribution in [-0.2, 0) is 0 Å². The van der Waals surface area contributed by atoms with E-state index < -0.39 is 11.6 Å². The number of hydrogen-bond donors (Lipinski definition) is 2. The van der Waals surface area contributed by atoms with Gasteiger partial charge in [-0.1, -0.05) is 0 Å². The summed E-state index contributed by atoms with van der Waals surface area (Å²) in [4.78, 5) is 7.55. The molecule has 2 rings (SSSR count). The minimum Gasteiger partial charge on any atom is -0.394 e. The molecule has 0 amide bonds. The van der Waals surface area contributed by atoms with Gasteiger partial charge in [0.05, 0.1) is 22.0 Å². The highest BCUT2D eigenvalue weighted by Crippen LogP contribution is 2.27. The normalized spacial score (nSPS) is 10.3. The number of nitrogens with one attached hydrogen (secondary N) is 1. The van der Waals surface area contributed by atoms with Gasteiger partial charge in [0, 0.05) is 6.07 Å². The SMILES string of the molecule is Nc1cncnc1Nc1cc(Br)c(F)cc1F. The lowest BCUT2D eigenvalue weighted by atomic mass is 10.3. The Kier molecular flexibility index (Phi) is 3.19. The molecule has 1 aromatic carbocycles. The van der Waals surface area contributed by atoms with Crippen molar-refractivity contribution in [3.8, 4) is 0 Å². The fourth-order valence-corrected chi connectivity index (χ4v) is 1.53. The molecule has 0 aliphatic carbocycles. The van der Waals surface area contributed by atoms with E-state index in [0.717, 1.165) is 6.07 Å². The smallest absolute Gasteiger partial charge is 0.157 e. The van der Waals surface area contributed by atoms with Crippen molar-refractivity contribution < 1.29 is 8.78 Å². The Morgan fingerprint density at radius 2 is 2.00 bits per heavy atom. The molecule has 0 unspecified atom stereocenters. The van der Waals surface area contributed by atoms with E-state index in [2.05, 4.69) is 31.2 Å². The molecule has 0 saturated carbocycles. The quantitative estimate of drug-likeness (QED) is 0.837. The number of nitrogens with zero attached hydrogens (tertiary/aromatic N) is 2. The molecule has 0 spiro atoms. The number of benzene rings is 1. The van der Waals surface area contributed by atoms with E-state index in [9.17, 15) is 8.78 Å². The molecule has 4 nitrogen and oxygen atoms in total. The van der Waals surface area contributed by atoms with Crippen molar-refractivity contribution in [2.75, 3.05) is 11.1 Å². The molecule has 0 fully saturated rings. The molecule has 17 heavy (non-hydrogen) atoms. The van der Waals surface area contributed by atoms with Crippen molar-refractivity contribution in [1.82, 2.24) is 9.97 Å². The van der Waals surface area contributed by atoms with Crippen LogP contribution >= 0.6 is 15.9 Å². The molecule has 0 bridgehead atoms. The van der Waals surface area contributed by atoms with Gasteiger partial charge in [0.2, 0.25) is 0 Å². The Hall–Kier alpha value is -1.76. The van der Waals surface area contributed by atoms with Crippen molar-refractivity contribution in [3.63, 3.8) is 0 Å². The zero-order chi connectivity index (χ0) is 12.4. The number of aromatic nitrogens is 2. The van der Waals surface area contributed by atoms with Crippen molar-refractivity contribution in [3.05, 3.63) is 40.8 Å². The summed E-state index contributed by atoms with van der Waals surface area (Å²) in [5.74, 6) is -1.15. The average Bonchev–Trinajstić information content (AvgIpc) is 2.29. The topological polar surface area (TPSA) is 63.8 Å². The third-order valence-electron chi connectivity index (χ3n) is 2.00. The van der Waals surface area contributed by atoms with E-state index in [0.29, 0.717) is 0 Å². The summed E-state index contributed by atoms with van der Waals surface area (Å²) in [6.07, 6.45) is 2.65. The summed E-state index contributed by atoms with van der Waals surface area (Å²) in [7, 11) is 0. The summed E-state index contributed by atoms with van der Waals surface area (Å²) in [6.45, 7) is 0. The number of anilines is 3. The number of rotatable bonds is 2. The molecule has 0 atom stereocenters. The second kappa shape index (κ2) is 4.62. The van der Waals surface area contributed by atoms with Crippen LogP contribution in [0.1, 0.15) is 0 Å². The molecular formula is C10H7BrF2N4. The van der Waals surface area contributed by atoms with Crippen LogP contribution < -0.4 is 11.1 Å². The summed E-state index contributed by atoms with van der Waals surface area (Å²) < 4.78 is 26.6. The number of nitrogen functional groups attached to an aromatic ring is 1. The van der Waals surface area contributed by atoms with Crippen LogP contribution in [0.15, 0.2) is 29.1 Å². The van der Waals surface area contributed by atoms with E-state index in [1.54, 1.807) is 0 Å². The maximum Gasteiger partial charge on any atom is 0.157 e. The summed E-state index contributed by atoms with van der Waals surface area (Å²) in [5, 5.41) is 2.66. The molecule has 2 aromatic rings. The van der Waals surface area contributed by atoms with Crippen LogP contribution in [0.4, 0.5) is 26.0 Å². The van der Waals surface area contributed by atoms with Gasteiger partial charge in [-0.3, -0.25) is 0 Å². The standard InChI is InChI=1S/C10H7BrF2N4/c11-5-1-9(7(13)2-6(5)12)17-10-8(14)3-15-4-16-10/h1-4H,14H2,(H,15,16,17). The highest BCUT2D eigenvalue weighted by Gasteiger charge is 2.10. The van der Waals surface area contributed by atoms with E-state index in [4.69, 9.17) is 5.73 Å². The average molecular weight is 301 g/mol. The first-order chi connectivity index (χ1) is 8.08. The zero-order valence-corrected chi connectivity index (χ0v) is 10.0. The largest absolute Gasteiger partial charge is 0.394 e. The van der Waals surface area contributed by atoms with Crippen LogP contribution in [0, 0.1) is 11.6 Å². The van der Waals surface area contributed by atoms with Crippen LogP contribution in [0.5, 0.6) is 0 Å². The Morgan fingerprint density at radius 3 is 2.71 bits per heavy atom. The van der Waals surface area contributed by atoms with Gasteiger partial charge in [-0.2, -0.15) is 0 Å². The summed E-state index contributed by atoms with van der Waals surface area (Å²) in [5.41, 5.74) is 5.93. The van der Waals surface area contributed by atoms with Gasteiger partial charge in [-0.25, -0.2) is 18.7 Å². The van der Waals surface area contributed by atoms with Crippen LogP contribution in [0.25, 0.3) is 0 Å². The molecular weight excluding hydrogens is 294 g/mol. The van der Waals surface area contributed by atoms with E-state index in [-0.39, 0.29) is 21.7 Å². The number of halogens is 3. The van der Waals surface area contributed by atoms with Gasteiger partial charge in [-0.05, 0) is 22.0 Å². The van der Waals surface area contributed by atoms with Crippen molar-refractivity contribution in [1.29, 1.82) is 0 Å². The predicted molar refractivity (Wildman–Crippen MR) is 63.8 cm³/mol. The maximum atomic E-state index is 13.4. The third kappa shape index (κ3) is 2.50. The molecule has 0 saturated heterocycles. The van der Waals surface area contributed by atoms with Gasteiger partial charge in [0.25, 0.3) is 0 Å². The van der Waals surface area contributed by atoms with Gasteiger partial charge in [-0.15, -0.1) is 0 Å². The lowest BCUT2D eigenvalue weighted by molar-refractivity contribution is 0.581. The van der Waals surface area contributed by atoms with E-state index >= 15 is 0 Å². The maximum absolute atomic E-state index is 13.4. The van der Waals surface area contributed by atoms with E-state index in [1.165, 1.54) is 18.6 Å². The molecule has 0 aliphatic heterocycles. The summed E-state index contributed by atoms with van der Waals surface area (Å²) >= 11 is 2.97. The third-order valence-corrected chi connectivity index (χ3v) is 2.61. The molecule has 88 valence electrons. The Balaban J connectivity index is 2.37. The molecule has 7 heteroatoms. The molecule has 1 aromatic heterocycles. The Morgan fingerprint density at radius 1 is 1.24 bits per heavy atom. The molecule has 3 N–H and O–H groups in total. The van der Waals surface area contributed by atoms with Crippen molar-refractivity contribution >= 4 is 33.1 Å². The van der Waals surface area contributed by atoms with Crippen molar-refractivity contribution in [2.45, 2.75) is 0 Å². The second-order valence-electron chi connectivity index (χ2n) is 3.20. The highest BCUT2D eigenvalue weighted by molar-refractivity contribution is 9.10. The van der Waals surface area contributed by atoms with Gasteiger partial charge in [0.1, 0.15) is 18.0 Å². The minimum atomic E-state index is -0.733. The van der Waals surface area contributed by atoms with Crippen LogP contribution in [-0.4, -0.2) is 9.97 Å². The van der Waals surface area contributed by atoms with E-state index in [1.807, 2.05) is 0 Å². The first-order valence-corrected chi connectivity index (χ1v) is 5.34. The van der Waals surface area contributed by atoms with Gasteiger partial charge < -0.3 is 11.1 Å². The highest BCUT2D eigenvalue weighted by atomic mass is 79.9. The number of hydrogen-bond acceptors (Lipinski definition) is 4. The monoisotopic (exact) mass is 300 g/mol. The minimum absolute atomic E-state index is 0.0728. The lowest BCUT2D eigenvalue weighted by Crippen LogP contribution is -2.01. The first kappa shape index (κ1) is 11.7.